The summed E-state index contributed by atoms with van der Waals surface area (Å²) in [5.74, 6) is 0.521. The summed E-state index contributed by atoms with van der Waals surface area (Å²) in [6.07, 6.45) is 4.85. The number of anilines is 1. The van der Waals surface area contributed by atoms with Crippen LogP contribution in [0.4, 0.5) is 5.69 Å². The molecule has 1 aromatic carbocycles. The molecular formula is C16H22ClNO2. The van der Waals surface area contributed by atoms with Crippen LogP contribution in [-0.2, 0) is 9.53 Å². The molecule has 0 saturated heterocycles. The van der Waals surface area contributed by atoms with Crippen molar-refractivity contribution in [3.63, 3.8) is 0 Å². The Kier molecular flexibility index (Phi) is 4.92. The summed E-state index contributed by atoms with van der Waals surface area (Å²) in [7, 11) is 1.45. The number of hydrogen-bond donors (Lipinski definition) is 1. The number of benzene rings is 1. The van der Waals surface area contributed by atoms with E-state index in [-0.39, 0.29) is 5.97 Å². The van der Waals surface area contributed by atoms with Gasteiger partial charge in [0, 0.05) is 0 Å². The zero-order valence-electron chi connectivity index (χ0n) is 12.1. The second-order valence-corrected chi connectivity index (χ2v) is 5.94. The third-order valence-corrected chi connectivity index (χ3v) is 4.69. The van der Waals surface area contributed by atoms with E-state index in [0.29, 0.717) is 10.9 Å². The molecule has 20 heavy (non-hydrogen) atoms. The van der Waals surface area contributed by atoms with Crippen LogP contribution in [-0.4, -0.2) is 18.6 Å². The Morgan fingerprint density at radius 3 is 2.60 bits per heavy atom. The van der Waals surface area contributed by atoms with E-state index >= 15 is 0 Å². The van der Waals surface area contributed by atoms with E-state index in [1.54, 1.807) is 0 Å². The first-order chi connectivity index (χ1) is 9.61. The van der Waals surface area contributed by atoms with Crippen LogP contribution in [0.1, 0.15) is 39.0 Å². The zero-order valence-corrected chi connectivity index (χ0v) is 12.9. The van der Waals surface area contributed by atoms with Crippen LogP contribution in [0.25, 0.3) is 0 Å². The van der Waals surface area contributed by atoms with Crippen LogP contribution in [0, 0.1) is 5.92 Å². The van der Waals surface area contributed by atoms with Crippen LogP contribution >= 0.6 is 11.6 Å². The second-order valence-electron chi connectivity index (χ2n) is 5.53. The number of rotatable bonds is 4. The maximum Gasteiger partial charge on any atom is 0.331 e. The van der Waals surface area contributed by atoms with Crippen LogP contribution in [0.3, 0.4) is 0 Å². The first kappa shape index (κ1) is 15.2. The monoisotopic (exact) mass is 295 g/mol. The van der Waals surface area contributed by atoms with Crippen molar-refractivity contribution < 1.29 is 9.53 Å². The first-order valence-corrected chi connectivity index (χ1v) is 7.60. The summed E-state index contributed by atoms with van der Waals surface area (Å²) < 4.78 is 5.03. The summed E-state index contributed by atoms with van der Waals surface area (Å²) in [6.45, 7) is 2.21. The van der Waals surface area contributed by atoms with E-state index in [1.165, 1.54) is 13.5 Å². The van der Waals surface area contributed by atoms with Gasteiger partial charge in [-0.15, -0.1) is 0 Å². The predicted octanol–water partition coefficient (Wildman–Crippen LogP) is 4.26. The molecule has 1 N–H and O–H groups in total. The van der Waals surface area contributed by atoms with Gasteiger partial charge in [-0.25, -0.2) is 4.79 Å². The van der Waals surface area contributed by atoms with E-state index in [4.69, 9.17) is 16.3 Å². The van der Waals surface area contributed by atoms with Gasteiger partial charge in [0.05, 0.1) is 17.8 Å². The minimum absolute atomic E-state index is 0.188. The highest BCUT2D eigenvalue weighted by atomic mass is 35.5. The Labute approximate surface area is 125 Å². The van der Waals surface area contributed by atoms with Gasteiger partial charge in [-0.3, -0.25) is 0 Å². The molecule has 1 saturated carbocycles. The summed E-state index contributed by atoms with van der Waals surface area (Å²) in [5.41, 5.74) is 0.167. The van der Waals surface area contributed by atoms with E-state index < -0.39 is 5.54 Å². The molecule has 1 aliphatic carbocycles. The number of nitrogens with one attached hydrogen (secondary N) is 1. The lowest BCUT2D eigenvalue weighted by atomic mass is 9.75. The molecule has 110 valence electrons. The molecule has 1 fully saturated rings. The Balaban J connectivity index is 2.21. The van der Waals surface area contributed by atoms with E-state index in [1.807, 2.05) is 24.3 Å². The number of halogens is 1. The molecule has 1 aliphatic rings. The lowest BCUT2D eigenvalue weighted by Crippen LogP contribution is -2.49. The van der Waals surface area contributed by atoms with Crippen LogP contribution in [0.2, 0.25) is 5.02 Å². The van der Waals surface area contributed by atoms with Crippen molar-refractivity contribution in [2.45, 2.75) is 44.6 Å². The molecule has 4 heteroatoms. The molecule has 0 amide bonds. The van der Waals surface area contributed by atoms with E-state index in [9.17, 15) is 4.79 Å². The zero-order chi connectivity index (χ0) is 14.6. The van der Waals surface area contributed by atoms with Crippen molar-refractivity contribution in [3.05, 3.63) is 29.3 Å². The topological polar surface area (TPSA) is 38.3 Å². The van der Waals surface area contributed by atoms with E-state index in [2.05, 4.69) is 12.2 Å². The van der Waals surface area contributed by atoms with Gasteiger partial charge in [0.15, 0.2) is 0 Å². The number of methoxy groups -OCH3 is 1. The highest BCUT2D eigenvalue weighted by molar-refractivity contribution is 6.33. The minimum atomic E-state index is -0.634. The molecule has 0 aromatic heterocycles. The lowest BCUT2D eigenvalue weighted by Gasteiger charge is -2.39. The van der Waals surface area contributed by atoms with Gasteiger partial charge in [-0.2, -0.15) is 0 Å². The number of esters is 1. The SMILES string of the molecule is CCC1CCC(Nc2ccccc2Cl)(C(=O)OC)CC1. The van der Waals surface area contributed by atoms with Crippen molar-refractivity contribution >= 4 is 23.3 Å². The van der Waals surface area contributed by atoms with Crippen molar-refractivity contribution in [2.24, 2.45) is 5.92 Å². The Morgan fingerprint density at radius 1 is 1.40 bits per heavy atom. The molecule has 0 spiro atoms. The normalized spacial score (nSPS) is 26.1. The summed E-state index contributed by atoms with van der Waals surface area (Å²) in [6, 6.07) is 7.52. The molecule has 2 rings (SSSR count). The summed E-state index contributed by atoms with van der Waals surface area (Å²) in [4.78, 5) is 12.3. The molecule has 0 unspecified atom stereocenters. The largest absolute Gasteiger partial charge is 0.467 e. The smallest absolute Gasteiger partial charge is 0.331 e. The quantitative estimate of drug-likeness (QED) is 0.843. The fourth-order valence-electron chi connectivity index (χ4n) is 2.97. The number of hydrogen-bond acceptors (Lipinski definition) is 3. The summed E-state index contributed by atoms with van der Waals surface area (Å²) >= 11 is 6.19. The number of para-hydroxylation sites is 1. The van der Waals surface area contributed by atoms with Gasteiger partial charge < -0.3 is 10.1 Å². The van der Waals surface area contributed by atoms with Gasteiger partial charge >= 0.3 is 5.97 Å². The maximum absolute atomic E-state index is 12.3. The van der Waals surface area contributed by atoms with Crippen LogP contribution in [0.15, 0.2) is 24.3 Å². The highest BCUT2D eigenvalue weighted by Crippen LogP contribution is 2.38. The van der Waals surface area contributed by atoms with Crippen molar-refractivity contribution in [3.8, 4) is 0 Å². The number of carbonyl (C=O) groups excluding carboxylic acids is 1. The third-order valence-electron chi connectivity index (χ3n) is 4.36. The van der Waals surface area contributed by atoms with Crippen molar-refractivity contribution in [2.75, 3.05) is 12.4 Å². The molecule has 0 atom stereocenters. The molecule has 3 nitrogen and oxygen atoms in total. The average Bonchev–Trinajstić information content (AvgIpc) is 2.49. The highest BCUT2D eigenvalue weighted by Gasteiger charge is 2.42. The average molecular weight is 296 g/mol. The Hall–Kier alpha value is -1.22. The van der Waals surface area contributed by atoms with Gasteiger partial charge in [-0.1, -0.05) is 37.1 Å². The molecular weight excluding hydrogens is 274 g/mol. The van der Waals surface area contributed by atoms with Crippen LogP contribution < -0.4 is 5.32 Å². The fourth-order valence-corrected chi connectivity index (χ4v) is 3.16. The summed E-state index contributed by atoms with van der Waals surface area (Å²) in [5, 5.41) is 3.98. The van der Waals surface area contributed by atoms with Gasteiger partial charge in [-0.05, 0) is 43.7 Å². The van der Waals surface area contributed by atoms with Gasteiger partial charge in [0.25, 0.3) is 0 Å². The number of carbonyl (C=O) groups is 1. The number of ether oxygens (including phenoxy) is 1. The molecule has 0 aliphatic heterocycles. The van der Waals surface area contributed by atoms with Gasteiger partial charge in [0.2, 0.25) is 0 Å². The van der Waals surface area contributed by atoms with Crippen molar-refractivity contribution in [1.29, 1.82) is 0 Å². The lowest BCUT2D eigenvalue weighted by molar-refractivity contribution is -0.147. The predicted molar refractivity (Wildman–Crippen MR) is 82.1 cm³/mol. The fraction of sp³-hybridized carbons (Fsp3) is 0.562. The Bertz CT molecular complexity index is 467. The van der Waals surface area contributed by atoms with Crippen LogP contribution in [0.5, 0.6) is 0 Å². The van der Waals surface area contributed by atoms with Crippen molar-refractivity contribution in [1.82, 2.24) is 0 Å². The molecule has 0 heterocycles. The third kappa shape index (κ3) is 3.09. The minimum Gasteiger partial charge on any atom is -0.467 e. The van der Waals surface area contributed by atoms with Gasteiger partial charge in [0.1, 0.15) is 5.54 Å². The second kappa shape index (κ2) is 6.49. The molecule has 0 bridgehead atoms. The first-order valence-electron chi connectivity index (χ1n) is 7.22. The standard InChI is InChI=1S/C16H22ClNO2/c1-3-12-8-10-16(11-9-12,15(19)20-2)18-14-7-5-4-6-13(14)17/h4-7,12,18H,3,8-11H2,1-2H3. The molecule has 0 radical (unpaired) electrons. The van der Waals surface area contributed by atoms with E-state index in [0.717, 1.165) is 31.4 Å². The Morgan fingerprint density at radius 2 is 2.05 bits per heavy atom. The maximum atomic E-state index is 12.3. The molecule has 1 aromatic rings.